The Morgan fingerprint density at radius 1 is 1.00 bits per heavy atom. The van der Waals surface area contributed by atoms with E-state index in [1.165, 1.54) is 28.8 Å². The molecule has 0 aliphatic carbocycles. The molecule has 2 nitrogen and oxygen atoms in total. The number of hydrogen-bond acceptors (Lipinski definition) is 2. The molecule has 2 aromatic rings. The highest BCUT2D eigenvalue weighted by molar-refractivity contribution is 5.57. The van der Waals surface area contributed by atoms with Crippen LogP contribution in [0.1, 0.15) is 23.1 Å². The summed E-state index contributed by atoms with van der Waals surface area (Å²) in [5, 5.41) is 9.06. The molecule has 1 aliphatic rings. The minimum absolute atomic E-state index is 0.229. The van der Waals surface area contributed by atoms with Gasteiger partial charge in [-0.2, -0.15) is 0 Å². The Hall–Kier alpha value is -1.80. The summed E-state index contributed by atoms with van der Waals surface area (Å²) in [6, 6.07) is 17.3. The molecular formula is C18H21NO. The molecule has 0 aromatic heterocycles. The lowest BCUT2D eigenvalue weighted by Gasteiger charge is -2.31. The topological polar surface area (TPSA) is 23.5 Å². The SMILES string of the molecule is OCCc1ccc2c(c1)CCCN2Cc1ccccc1. The molecule has 20 heavy (non-hydrogen) atoms. The van der Waals surface area contributed by atoms with Crippen molar-refractivity contribution >= 4 is 5.69 Å². The van der Waals surface area contributed by atoms with Crippen molar-refractivity contribution < 1.29 is 5.11 Å². The summed E-state index contributed by atoms with van der Waals surface area (Å²) in [4.78, 5) is 2.47. The third-order valence-electron chi connectivity index (χ3n) is 3.98. The molecule has 0 saturated carbocycles. The highest BCUT2D eigenvalue weighted by atomic mass is 16.2. The molecule has 104 valence electrons. The number of aryl methyl sites for hydroxylation is 1. The van der Waals surface area contributed by atoms with Gasteiger partial charge in [0.15, 0.2) is 0 Å². The Labute approximate surface area is 120 Å². The van der Waals surface area contributed by atoms with Crippen LogP contribution in [-0.4, -0.2) is 18.3 Å². The van der Waals surface area contributed by atoms with Gasteiger partial charge < -0.3 is 10.0 Å². The second-order valence-electron chi connectivity index (χ2n) is 5.45. The lowest BCUT2D eigenvalue weighted by Crippen LogP contribution is -2.28. The number of benzene rings is 2. The van der Waals surface area contributed by atoms with Crippen LogP contribution in [0.3, 0.4) is 0 Å². The maximum absolute atomic E-state index is 9.06. The van der Waals surface area contributed by atoms with Gasteiger partial charge in [0.25, 0.3) is 0 Å². The van der Waals surface area contributed by atoms with Gasteiger partial charge in [0, 0.05) is 25.4 Å². The molecule has 2 heteroatoms. The zero-order valence-electron chi connectivity index (χ0n) is 11.8. The molecule has 0 amide bonds. The fraction of sp³-hybridized carbons (Fsp3) is 0.333. The van der Waals surface area contributed by atoms with Crippen molar-refractivity contribution in [1.29, 1.82) is 0 Å². The molecule has 0 radical (unpaired) electrons. The number of hydrogen-bond donors (Lipinski definition) is 1. The minimum atomic E-state index is 0.229. The molecule has 0 atom stereocenters. The van der Waals surface area contributed by atoms with Crippen molar-refractivity contribution in [2.45, 2.75) is 25.8 Å². The first-order chi connectivity index (χ1) is 9.86. The molecule has 2 aromatic carbocycles. The average Bonchev–Trinajstić information content (AvgIpc) is 2.49. The van der Waals surface area contributed by atoms with Crippen molar-refractivity contribution in [1.82, 2.24) is 0 Å². The second kappa shape index (κ2) is 6.10. The Balaban J connectivity index is 1.83. The monoisotopic (exact) mass is 267 g/mol. The first-order valence-corrected chi connectivity index (χ1v) is 7.38. The first kappa shape index (κ1) is 13.2. The van der Waals surface area contributed by atoms with E-state index in [-0.39, 0.29) is 6.61 Å². The molecule has 0 saturated heterocycles. The highest BCUT2D eigenvalue weighted by Crippen LogP contribution is 2.29. The molecule has 0 fully saturated rings. The van der Waals surface area contributed by atoms with Gasteiger partial charge in [0.05, 0.1) is 0 Å². The highest BCUT2D eigenvalue weighted by Gasteiger charge is 2.17. The second-order valence-corrected chi connectivity index (χ2v) is 5.45. The lowest BCUT2D eigenvalue weighted by molar-refractivity contribution is 0.299. The van der Waals surface area contributed by atoms with E-state index < -0.39 is 0 Å². The zero-order valence-corrected chi connectivity index (χ0v) is 11.8. The molecular weight excluding hydrogens is 246 g/mol. The van der Waals surface area contributed by atoms with Crippen LogP contribution in [0, 0.1) is 0 Å². The molecule has 0 spiro atoms. The Morgan fingerprint density at radius 2 is 1.85 bits per heavy atom. The number of nitrogens with zero attached hydrogens (tertiary/aromatic N) is 1. The van der Waals surface area contributed by atoms with Gasteiger partial charge in [-0.15, -0.1) is 0 Å². The summed E-state index contributed by atoms with van der Waals surface area (Å²) in [6.45, 7) is 2.33. The van der Waals surface area contributed by atoms with Crippen LogP contribution < -0.4 is 4.90 Å². The molecule has 0 unspecified atom stereocenters. The molecule has 1 aliphatic heterocycles. The van der Waals surface area contributed by atoms with Gasteiger partial charge in [-0.05, 0) is 42.0 Å². The molecule has 1 N–H and O–H groups in total. The van der Waals surface area contributed by atoms with Crippen LogP contribution in [0.15, 0.2) is 48.5 Å². The van der Waals surface area contributed by atoms with Crippen LogP contribution >= 0.6 is 0 Å². The zero-order chi connectivity index (χ0) is 13.8. The number of aliphatic hydroxyl groups is 1. The van der Waals surface area contributed by atoms with E-state index in [9.17, 15) is 0 Å². The van der Waals surface area contributed by atoms with Crippen molar-refractivity contribution in [3.63, 3.8) is 0 Å². The predicted octanol–water partition coefficient (Wildman–Crippen LogP) is 3.17. The first-order valence-electron chi connectivity index (χ1n) is 7.38. The van der Waals surface area contributed by atoms with Crippen LogP contribution in [0.4, 0.5) is 5.69 Å². The van der Waals surface area contributed by atoms with E-state index >= 15 is 0 Å². The van der Waals surface area contributed by atoms with Gasteiger partial charge >= 0.3 is 0 Å². The van der Waals surface area contributed by atoms with Gasteiger partial charge in [-0.3, -0.25) is 0 Å². The summed E-state index contributed by atoms with van der Waals surface area (Å²) in [5.41, 5.74) is 5.40. The maximum Gasteiger partial charge on any atom is 0.0471 e. The molecule has 0 bridgehead atoms. The van der Waals surface area contributed by atoms with Gasteiger partial charge in [0.1, 0.15) is 0 Å². The third kappa shape index (κ3) is 2.86. The number of rotatable bonds is 4. The van der Waals surface area contributed by atoms with Gasteiger partial charge in [0.2, 0.25) is 0 Å². The standard InChI is InChI=1S/C18H21NO/c20-12-10-15-8-9-18-17(13-15)7-4-11-19(18)14-16-5-2-1-3-6-16/h1-3,5-6,8-9,13,20H,4,7,10-12,14H2. The van der Waals surface area contributed by atoms with Crippen molar-refractivity contribution in [2.24, 2.45) is 0 Å². The normalized spacial score (nSPS) is 14.2. The Kier molecular flexibility index (Phi) is 4.03. The maximum atomic E-state index is 9.06. The van der Waals surface area contributed by atoms with Crippen LogP contribution in [0.5, 0.6) is 0 Å². The van der Waals surface area contributed by atoms with E-state index in [0.29, 0.717) is 0 Å². The van der Waals surface area contributed by atoms with Crippen LogP contribution in [0.25, 0.3) is 0 Å². The van der Waals surface area contributed by atoms with Crippen molar-refractivity contribution in [3.05, 3.63) is 65.2 Å². The third-order valence-corrected chi connectivity index (χ3v) is 3.98. The van der Waals surface area contributed by atoms with Crippen molar-refractivity contribution in [3.8, 4) is 0 Å². The number of anilines is 1. The van der Waals surface area contributed by atoms with Gasteiger partial charge in [-0.1, -0.05) is 42.5 Å². The summed E-state index contributed by atoms with van der Waals surface area (Å²) in [6.07, 6.45) is 3.12. The minimum Gasteiger partial charge on any atom is -0.396 e. The fourth-order valence-corrected chi connectivity index (χ4v) is 2.98. The fourth-order valence-electron chi connectivity index (χ4n) is 2.98. The smallest absolute Gasteiger partial charge is 0.0471 e. The largest absolute Gasteiger partial charge is 0.396 e. The van der Waals surface area contributed by atoms with Crippen molar-refractivity contribution in [2.75, 3.05) is 18.1 Å². The molecule has 1 heterocycles. The summed E-state index contributed by atoms with van der Waals surface area (Å²) >= 11 is 0. The lowest BCUT2D eigenvalue weighted by atomic mass is 9.97. The van der Waals surface area contributed by atoms with Crippen LogP contribution in [-0.2, 0) is 19.4 Å². The average molecular weight is 267 g/mol. The number of aliphatic hydroxyl groups excluding tert-OH is 1. The number of fused-ring (bicyclic) bond motifs is 1. The van der Waals surface area contributed by atoms with Gasteiger partial charge in [-0.25, -0.2) is 0 Å². The Bertz CT molecular complexity index is 565. The summed E-state index contributed by atoms with van der Waals surface area (Å²) < 4.78 is 0. The van der Waals surface area contributed by atoms with E-state index in [1.54, 1.807) is 0 Å². The van der Waals surface area contributed by atoms with Crippen LogP contribution in [0.2, 0.25) is 0 Å². The summed E-state index contributed by atoms with van der Waals surface area (Å²) in [7, 11) is 0. The van der Waals surface area contributed by atoms with E-state index in [1.807, 2.05) is 0 Å². The Morgan fingerprint density at radius 3 is 2.65 bits per heavy atom. The van der Waals surface area contributed by atoms with E-state index in [4.69, 9.17) is 5.11 Å². The molecule has 3 rings (SSSR count). The van der Waals surface area contributed by atoms with E-state index in [0.717, 1.165) is 25.9 Å². The van der Waals surface area contributed by atoms with E-state index in [2.05, 4.69) is 53.4 Å². The quantitative estimate of drug-likeness (QED) is 0.919. The summed E-state index contributed by atoms with van der Waals surface area (Å²) in [5.74, 6) is 0. The predicted molar refractivity (Wildman–Crippen MR) is 83.0 cm³/mol.